The van der Waals surface area contributed by atoms with Crippen molar-refractivity contribution >= 4 is 21.7 Å². The van der Waals surface area contributed by atoms with E-state index in [0.29, 0.717) is 15.4 Å². The lowest BCUT2D eigenvalue weighted by molar-refractivity contribution is -0.273. The molecule has 0 aliphatic rings. The van der Waals surface area contributed by atoms with Crippen LogP contribution >= 0.6 is 11.3 Å². The molecule has 4 rings (SSSR count). The van der Waals surface area contributed by atoms with Gasteiger partial charge in [0.15, 0.2) is 10.8 Å². The number of thiazole rings is 1. The van der Waals surface area contributed by atoms with E-state index >= 15 is 0 Å². The molecule has 7 nitrogen and oxygen atoms in total. The second kappa shape index (κ2) is 6.13. The first kappa shape index (κ1) is 17.6. The van der Waals surface area contributed by atoms with Crippen molar-refractivity contribution in [2.24, 2.45) is 0 Å². The molecule has 0 aliphatic carbocycles. The number of aliphatic hydroxyl groups is 1. The number of alkyl halides is 3. The van der Waals surface area contributed by atoms with Crippen molar-refractivity contribution in [1.82, 2.24) is 20.1 Å². The average Bonchev–Trinajstić information content (AvgIpc) is 3.32. The highest BCUT2D eigenvalue weighted by Gasteiger charge is 2.58. The van der Waals surface area contributed by atoms with Crippen LogP contribution in [0.5, 0.6) is 0 Å². The van der Waals surface area contributed by atoms with E-state index in [2.05, 4.69) is 20.1 Å². The molecule has 27 heavy (non-hydrogen) atoms. The minimum Gasteiger partial charge on any atom is -0.463 e. The second-order valence-corrected chi connectivity index (χ2v) is 6.79. The molecule has 0 bridgehead atoms. The zero-order valence-corrected chi connectivity index (χ0v) is 14.5. The number of nitrogens with zero attached hydrogens (tertiary/aromatic N) is 4. The SMILES string of the molecule is Cc1ccc(C(O)(Cc2noc(-c3nc4cccnc4s3)n2)C(F)(F)F)o1. The van der Waals surface area contributed by atoms with Crippen LogP contribution in [0.2, 0.25) is 0 Å². The lowest BCUT2D eigenvalue weighted by Gasteiger charge is -2.27. The monoisotopic (exact) mass is 396 g/mol. The van der Waals surface area contributed by atoms with Crippen molar-refractivity contribution in [2.45, 2.75) is 25.1 Å². The number of fused-ring (bicyclic) bond motifs is 1. The lowest BCUT2D eigenvalue weighted by Crippen LogP contribution is -2.44. The number of hydrogen-bond donors (Lipinski definition) is 1. The Morgan fingerprint density at radius 2 is 2.00 bits per heavy atom. The summed E-state index contributed by atoms with van der Waals surface area (Å²) in [6.45, 7) is 1.48. The maximum absolute atomic E-state index is 13.5. The highest BCUT2D eigenvalue weighted by atomic mass is 32.1. The van der Waals surface area contributed by atoms with Gasteiger partial charge < -0.3 is 14.0 Å². The Morgan fingerprint density at radius 1 is 1.19 bits per heavy atom. The van der Waals surface area contributed by atoms with Crippen molar-refractivity contribution in [2.75, 3.05) is 0 Å². The van der Waals surface area contributed by atoms with E-state index in [4.69, 9.17) is 8.94 Å². The van der Waals surface area contributed by atoms with Crippen LogP contribution in [0.15, 0.2) is 39.4 Å². The lowest BCUT2D eigenvalue weighted by atomic mass is 9.95. The predicted molar refractivity (Wildman–Crippen MR) is 87.8 cm³/mol. The summed E-state index contributed by atoms with van der Waals surface area (Å²) in [5.74, 6) is -0.772. The van der Waals surface area contributed by atoms with E-state index in [1.165, 1.54) is 24.3 Å². The van der Waals surface area contributed by atoms with E-state index in [0.717, 1.165) is 6.07 Å². The zero-order chi connectivity index (χ0) is 19.2. The van der Waals surface area contributed by atoms with Gasteiger partial charge >= 0.3 is 6.18 Å². The Kier molecular flexibility index (Phi) is 4.00. The Balaban J connectivity index is 1.67. The summed E-state index contributed by atoms with van der Waals surface area (Å²) in [6, 6.07) is 5.85. The van der Waals surface area contributed by atoms with Crippen molar-refractivity contribution in [3.05, 3.63) is 47.8 Å². The second-order valence-electron chi connectivity index (χ2n) is 5.81. The summed E-state index contributed by atoms with van der Waals surface area (Å²) in [7, 11) is 0. The molecule has 0 radical (unpaired) electrons. The molecule has 1 unspecified atom stereocenters. The quantitative estimate of drug-likeness (QED) is 0.562. The molecule has 0 saturated heterocycles. The molecule has 11 heteroatoms. The van der Waals surface area contributed by atoms with E-state index in [-0.39, 0.29) is 17.5 Å². The first-order valence-corrected chi connectivity index (χ1v) is 8.48. The number of rotatable bonds is 4. The van der Waals surface area contributed by atoms with Gasteiger partial charge in [0, 0.05) is 6.20 Å². The largest absolute Gasteiger partial charge is 0.463 e. The van der Waals surface area contributed by atoms with Gasteiger partial charge in [0.25, 0.3) is 5.89 Å². The molecule has 4 aromatic rings. The van der Waals surface area contributed by atoms with Gasteiger partial charge in [-0.25, -0.2) is 9.97 Å². The molecule has 4 heterocycles. The molecule has 140 valence electrons. The highest BCUT2D eigenvalue weighted by molar-refractivity contribution is 7.21. The van der Waals surface area contributed by atoms with Gasteiger partial charge in [-0.15, -0.1) is 0 Å². The summed E-state index contributed by atoms with van der Waals surface area (Å²) in [5.41, 5.74) is -2.67. The third-order valence-electron chi connectivity index (χ3n) is 3.85. The van der Waals surface area contributed by atoms with Gasteiger partial charge in [0.2, 0.25) is 5.60 Å². The maximum atomic E-state index is 13.5. The van der Waals surface area contributed by atoms with Gasteiger partial charge in [-0.3, -0.25) is 0 Å². The fourth-order valence-electron chi connectivity index (χ4n) is 2.49. The smallest absolute Gasteiger partial charge is 0.425 e. The maximum Gasteiger partial charge on any atom is 0.425 e. The minimum atomic E-state index is -5.00. The Hall–Kier alpha value is -2.79. The fourth-order valence-corrected chi connectivity index (χ4v) is 3.32. The third-order valence-corrected chi connectivity index (χ3v) is 4.82. The van der Waals surface area contributed by atoms with Crippen LogP contribution < -0.4 is 0 Å². The van der Waals surface area contributed by atoms with E-state index < -0.39 is 24.0 Å². The number of hydrogen-bond acceptors (Lipinski definition) is 8. The van der Waals surface area contributed by atoms with Crippen LogP contribution in [-0.2, 0) is 12.0 Å². The van der Waals surface area contributed by atoms with Crippen LogP contribution in [0.4, 0.5) is 13.2 Å². The van der Waals surface area contributed by atoms with Gasteiger partial charge in [-0.2, -0.15) is 18.2 Å². The van der Waals surface area contributed by atoms with Crippen LogP contribution in [0.1, 0.15) is 17.3 Å². The Bertz CT molecular complexity index is 1070. The Labute approximate surface area is 153 Å². The molecule has 4 aromatic heterocycles. The number of halogens is 3. The first-order valence-electron chi connectivity index (χ1n) is 7.67. The molecule has 1 N–H and O–H groups in total. The van der Waals surface area contributed by atoms with E-state index in [1.807, 2.05) is 0 Å². The number of aryl methyl sites for hydroxylation is 1. The zero-order valence-electron chi connectivity index (χ0n) is 13.7. The standard InChI is InChI=1S/C16H11F3N4O3S/c1-8-4-5-10(25-8)15(24,16(17,18)19)7-11-22-12(26-23-11)14-21-9-3-2-6-20-13(9)27-14/h2-6,24H,7H2,1H3. The summed E-state index contributed by atoms with van der Waals surface area (Å²) < 4.78 is 50.7. The third kappa shape index (κ3) is 3.08. The van der Waals surface area contributed by atoms with Gasteiger partial charge in [-0.1, -0.05) is 16.5 Å². The summed E-state index contributed by atoms with van der Waals surface area (Å²) in [4.78, 5) is 13.0. The van der Waals surface area contributed by atoms with Crippen LogP contribution in [0, 0.1) is 6.92 Å². The Morgan fingerprint density at radius 3 is 2.67 bits per heavy atom. The van der Waals surface area contributed by atoms with Crippen LogP contribution in [-0.4, -0.2) is 31.4 Å². The van der Waals surface area contributed by atoms with E-state index in [1.54, 1.807) is 18.3 Å². The molecule has 0 spiro atoms. The topological polar surface area (TPSA) is 98.1 Å². The molecular formula is C16H11F3N4O3S. The minimum absolute atomic E-state index is 0.0480. The number of pyridine rings is 1. The van der Waals surface area contributed by atoms with Gasteiger partial charge in [0.05, 0.1) is 6.42 Å². The molecule has 1 atom stereocenters. The summed E-state index contributed by atoms with van der Waals surface area (Å²) in [6.07, 6.45) is -4.37. The van der Waals surface area contributed by atoms with Crippen LogP contribution in [0.3, 0.4) is 0 Å². The van der Waals surface area contributed by atoms with Gasteiger partial charge in [0.1, 0.15) is 21.9 Å². The van der Waals surface area contributed by atoms with Crippen molar-refractivity contribution in [3.8, 4) is 10.9 Å². The van der Waals surface area contributed by atoms with Crippen molar-refractivity contribution in [3.63, 3.8) is 0 Å². The van der Waals surface area contributed by atoms with E-state index in [9.17, 15) is 18.3 Å². The van der Waals surface area contributed by atoms with Crippen molar-refractivity contribution in [1.29, 1.82) is 0 Å². The molecule has 0 aromatic carbocycles. The van der Waals surface area contributed by atoms with Gasteiger partial charge in [-0.05, 0) is 31.2 Å². The molecule has 0 saturated carbocycles. The molecule has 0 amide bonds. The summed E-state index contributed by atoms with van der Waals surface area (Å²) in [5, 5.41) is 14.2. The molecule has 0 aliphatic heterocycles. The number of furan rings is 1. The predicted octanol–water partition coefficient (Wildman–Crippen LogP) is 3.64. The normalized spacial score (nSPS) is 14.6. The number of aromatic nitrogens is 4. The molecular weight excluding hydrogens is 385 g/mol. The summed E-state index contributed by atoms with van der Waals surface area (Å²) >= 11 is 1.17. The van der Waals surface area contributed by atoms with Crippen molar-refractivity contribution < 1.29 is 27.2 Å². The van der Waals surface area contributed by atoms with Crippen LogP contribution in [0.25, 0.3) is 21.2 Å². The molecule has 0 fully saturated rings. The first-order chi connectivity index (χ1) is 12.8. The highest BCUT2D eigenvalue weighted by Crippen LogP contribution is 2.42. The fraction of sp³-hybridized carbons (Fsp3) is 0.250. The average molecular weight is 396 g/mol.